The van der Waals surface area contributed by atoms with Gasteiger partial charge in [-0.1, -0.05) is 6.92 Å². The number of amides is 1. The molecule has 0 radical (unpaired) electrons. The molecular weight excluding hydrogens is 294 g/mol. The smallest absolute Gasteiger partial charge is 0.323 e. The van der Waals surface area contributed by atoms with Crippen molar-refractivity contribution in [1.29, 1.82) is 0 Å². The van der Waals surface area contributed by atoms with Gasteiger partial charge in [-0.2, -0.15) is 12.6 Å². The fourth-order valence-corrected chi connectivity index (χ4v) is 1.92. The predicted molar refractivity (Wildman–Crippen MR) is 82.6 cm³/mol. The maximum absolute atomic E-state index is 12.3. The summed E-state index contributed by atoms with van der Waals surface area (Å²) in [5.41, 5.74) is 0.439. The van der Waals surface area contributed by atoms with Crippen molar-refractivity contribution in [3.63, 3.8) is 0 Å². The summed E-state index contributed by atoms with van der Waals surface area (Å²) in [7, 11) is 2.97. The first kappa shape index (κ1) is 17.2. The van der Waals surface area contributed by atoms with Crippen LogP contribution in [0, 0.1) is 5.92 Å². The number of benzene rings is 1. The maximum Gasteiger partial charge on any atom is 0.323 e. The van der Waals surface area contributed by atoms with Crippen LogP contribution in [0.4, 0.5) is 5.69 Å². The molecule has 1 amide bonds. The molecule has 0 spiro atoms. The third kappa shape index (κ3) is 4.29. The summed E-state index contributed by atoms with van der Waals surface area (Å²) in [4.78, 5) is 24.5. The average molecular weight is 313 g/mol. The summed E-state index contributed by atoms with van der Waals surface area (Å²) in [6.45, 7) is 1.28. The minimum absolute atomic E-state index is 0.306. The number of carboxylic acid groups (broad SMARTS) is 1. The van der Waals surface area contributed by atoms with Crippen LogP contribution in [0.15, 0.2) is 18.2 Å². The van der Waals surface area contributed by atoms with Crippen molar-refractivity contribution in [2.45, 2.75) is 6.92 Å². The lowest BCUT2D eigenvalue weighted by Gasteiger charge is -2.24. The summed E-state index contributed by atoms with van der Waals surface area (Å²) in [5.74, 6) is -0.518. The summed E-state index contributed by atoms with van der Waals surface area (Å²) in [6, 6.07) is 4.82. The molecule has 0 saturated carbocycles. The van der Waals surface area contributed by atoms with Gasteiger partial charge in [-0.05, 0) is 12.1 Å². The van der Waals surface area contributed by atoms with Gasteiger partial charge in [0.05, 0.1) is 14.2 Å². The molecule has 1 aromatic rings. The first-order valence-electron chi connectivity index (χ1n) is 6.30. The molecule has 1 rings (SSSR count). The minimum atomic E-state index is -1.09. The Morgan fingerprint density at radius 3 is 2.38 bits per heavy atom. The molecule has 1 N–H and O–H groups in total. The number of nitrogens with zero attached hydrogens (tertiary/aromatic N) is 1. The van der Waals surface area contributed by atoms with Crippen LogP contribution in [0.3, 0.4) is 0 Å². The summed E-state index contributed by atoms with van der Waals surface area (Å²) >= 11 is 4.08. The molecule has 0 aliphatic carbocycles. The number of thiol groups is 1. The number of anilines is 1. The van der Waals surface area contributed by atoms with Gasteiger partial charge in [-0.25, -0.2) is 0 Å². The van der Waals surface area contributed by atoms with Crippen LogP contribution in [0.1, 0.15) is 6.92 Å². The summed E-state index contributed by atoms with van der Waals surface area (Å²) in [5, 5.41) is 9.01. The lowest BCUT2D eigenvalue weighted by atomic mass is 10.1. The van der Waals surface area contributed by atoms with Gasteiger partial charge < -0.3 is 19.5 Å². The van der Waals surface area contributed by atoms with E-state index in [0.29, 0.717) is 22.9 Å². The predicted octanol–water partition coefficient (Wildman–Crippen LogP) is 1.69. The zero-order valence-electron chi connectivity index (χ0n) is 12.2. The maximum atomic E-state index is 12.3. The third-order valence-electron chi connectivity index (χ3n) is 2.93. The zero-order chi connectivity index (χ0) is 16.0. The number of carboxylic acids is 1. The van der Waals surface area contributed by atoms with E-state index in [1.807, 2.05) is 0 Å². The van der Waals surface area contributed by atoms with Crippen LogP contribution in [0.25, 0.3) is 0 Å². The second kappa shape index (κ2) is 7.78. The molecule has 0 aromatic heterocycles. The summed E-state index contributed by atoms with van der Waals surface area (Å²) in [6.07, 6.45) is 0. The second-order valence-corrected chi connectivity index (χ2v) is 4.81. The largest absolute Gasteiger partial charge is 0.493 e. The van der Waals surface area contributed by atoms with E-state index in [2.05, 4.69) is 12.6 Å². The number of rotatable bonds is 7. The highest BCUT2D eigenvalue weighted by molar-refractivity contribution is 7.80. The Bertz CT molecular complexity index is 520. The Morgan fingerprint density at radius 2 is 1.90 bits per heavy atom. The number of carbonyl (C=O) groups excluding carboxylic acids is 1. The van der Waals surface area contributed by atoms with E-state index in [1.165, 1.54) is 19.1 Å². The van der Waals surface area contributed by atoms with Crippen molar-refractivity contribution in [2.24, 2.45) is 5.92 Å². The highest BCUT2D eigenvalue weighted by Gasteiger charge is 2.24. The Hall–Kier alpha value is -1.89. The molecular formula is C14H19NO5S. The molecule has 6 nitrogen and oxygen atoms in total. The Labute approximate surface area is 129 Å². The molecule has 0 aliphatic rings. The quantitative estimate of drug-likeness (QED) is 0.749. The molecule has 116 valence electrons. The van der Waals surface area contributed by atoms with Gasteiger partial charge in [-0.3, -0.25) is 9.59 Å². The van der Waals surface area contributed by atoms with Crippen molar-refractivity contribution in [1.82, 2.24) is 0 Å². The fraction of sp³-hybridized carbons (Fsp3) is 0.429. The number of methoxy groups -OCH3 is 2. The van der Waals surface area contributed by atoms with E-state index in [0.717, 1.165) is 0 Å². The van der Waals surface area contributed by atoms with Gasteiger partial charge in [0, 0.05) is 23.4 Å². The number of hydrogen-bond donors (Lipinski definition) is 2. The zero-order valence-corrected chi connectivity index (χ0v) is 13.1. The van der Waals surface area contributed by atoms with E-state index in [1.54, 1.807) is 25.1 Å². The van der Waals surface area contributed by atoms with Crippen molar-refractivity contribution >= 4 is 30.2 Å². The number of aliphatic carboxylic acids is 1. The lowest BCUT2D eigenvalue weighted by molar-refractivity contribution is -0.137. The molecule has 0 aliphatic heterocycles. The van der Waals surface area contributed by atoms with E-state index in [-0.39, 0.29) is 11.8 Å². The van der Waals surface area contributed by atoms with Gasteiger partial charge in [0.25, 0.3) is 0 Å². The third-order valence-corrected chi connectivity index (χ3v) is 3.48. The van der Waals surface area contributed by atoms with Crippen LogP contribution in [0.2, 0.25) is 0 Å². The summed E-state index contributed by atoms with van der Waals surface area (Å²) < 4.78 is 10.3. The fourth-order valence-electron chi connectivity index (χ4n) is 1.77. The van der Waals surface area contributed by atoms with Crippen molar-refractivity contribution in [2.75, 3.05) is 31.4 Å². The van der Waals surface area contributed by atoms with E-state index in [4.69, 9.17) is 14.6 Å². The molecule has 7 heteroatoms. The van der Waals surface area contributed by atoms with Gasteiger partial charge in [0.15, 0.2) is 11.5 Å². The second-order valence-electron chi connectivity index (χ2n) is 4.44. The molecule has 21 heavy (non-hydrogen) atoms. The van der Waals surface area contributed by atoms with E-state index < -0.39 is 12.5 Å². The standard InChI is InChI=1S/C14H19NO5S/c1-9(8-21)14(18)15(7-13(16)17)10-4-5-11(19-2)12(6-10)20-3/h4-6,9,21H,7-8H2,1-3H3,(H,16,17)/t9-/m0/s1. The van der Waals surface area contributed by atoms with E-state index >= 15 is 0 Å². The average Bonchev–Trinajstić information content (AvgIpc) is 2.50. The van der Waals surface area contributed by atoms with Crippen molar-refractivity contribution < 1.29 is 24.2 Å². The highest BCUT2D eigenvalue weighted by atomic mass is 32.1. The first-order chi connectivity index (χ1) is 9.94. The normalized spacial score (nSPS) is 11.6. The van der Waals surface area contributed by atoms with Crippen LogP contribution >= 0.6 is 12.6 Å². The molecule has 1 atom stereocenters. The van der Waals surface area contributed by atoms with E-state index in [9.17, 15) is 9.59 Å². The topological polar surface area (TPSA) is 76.1 Å². The Balaban J connectivity index is 3.19. The van der Waals surface area contributed by atoms with Crippen molar-refractivity contribution in [3.8, 4) is 11.5 Å². The molecule has 0 saturated heterocycles. The van der Waals surface area contributed by atoms with Crippen LogP contribution in [-0.2, 0) is 9.59 Å². The van der Waals surface area contributed by atoms with Gasteiger partial charge in [-0.15, -0.1) is 0 Å². The van der Waals surface area contributed by atoms with Crippen LogP contribution < -0.4 is 14.4 Å². The van der Waals surface area contributed by atoms with Gasteiger partial charge in [0.2, 0.25) is 5.91 Å². The minimum Gasteiger partial charge on any atom is -0.493 e. The molecule has 1 aromatic carbocycles. The highest BCUT2D eigenvalue weighted by Crippen LogP contribution is 2.32. The Kier molecular flexibility index (Phi) is 6.36. The lowest BCUT2D eigenvalue weighted by Crippen LogP contribution is -2.39. The monoisotopic (exact) mass is 313 g/mol. The SMILES string of the molecule is COc1ccc(N(CC(=O)O)C(=O)[C@@H](C)CS)cc1OC. The van der Waals surface area contributed by atoms with Gasteiger partial charge in [0.1, 0.15) is 6.54 Å². The number of ether oxygens (including phenoxy) is 2. The number of carbonyl (C=O) groups is 2. The number of hydrogen-bond acceptors (Lipinski definition) is 5. The van der Waals surface area contributed by atoms with Crippen LogP contribution in [-0.4, -0.2) is 43.5 Å². The Morgan fingerprint density at radius 1 is 1.29 bits per heavy atom. The van der Waals surface area contributed by atoms with Gasteiger partial charge >= 0.3 is 5.97 Å². The van der Waals surface area contributed by atoms with Crippen LogP contribution in [0.5, 0.6) is 11.5 Å². The molecule has 0 bridgehead atoms. The molecule has 0 fully saturated rings. The van der Waals surface area contributed by atoms with Crippen molar-refractivity contribution in [3.05, 3.63) is 18.2 Å². The first-order valence-corrected chi connectivity index (χ1v) is 6.93. The molecule has 0 heterocycles. The molecule has 0 unspecified atom stereocenters.